The smallest absolute Gasteiger partial charge is 0.210 e. The number of ketones is 1. The van der Waals surface area contributed by atoms with E-state index >= 15 is 0 Å². The van der Waals surface area contributed by atoms with Crippen LogP contribution in [-0.2, 0) is 6.54 Å². The first-order valence-corrected chi connectivity index (χ1v) is 11.7. The number of methoxy groups -OCH3 is 1. The summed E-state index contributed by atoms with van der Waals surface area (Å²) in [5, 5.41) is 0. The predicted molar refractivity (Wildman–Crippen MR) is 139 cm³/mol. The maximum Gasteiger partial charge on any atom is 0.210 e. The summed E-state index contributed by atoms with van der Waals surface area (Å²) in [5.74, 6) is 0.699. The standard InChI is InChI=1S/C29H28N4O2/c1-4-32(2)18-22-7-5-6-8-25(22)20-9-11-21(12-10-20)27-29(34)28-26(17-30-27)31-19-33(28)23-13-15-24(35-3)16-14-23/h5-17,19,27H,4,18H2,1-3H3. The van der Waals surface area contributed by atoms with Gasteiger partial charge in [-0.05, 0) is 60.1 Å². The van der Waals surface area contributed by atoms with Gasteiger partial charge in [0, 0.05) is 12.2 Å². The summed E-state index contributed by atoms with van der Waals surface area (Å²) in [6.45, 7) is 4.03. The number of carbonyl (C=O) groups excluding carboxylic acids is 1. The minimum atomic E-state index is -0.591. The molecule has 0 bridgehead atoms. The van der Waals surface area contributed by atoms with Gasteiger partial charge < -0.3 is 9.64 Å². The molecule has 1 unspecified atom stereocenters. The van der Waals surface area contributed by atoms with E-state index in [1.807, 2.05) is 41.0 Å². The van der Waals surface area contributed by atoms with Crippen LogP contribution in [0.1, 0.15) is 40.3 Å². The number of nitrogens with zero attached hydrogens (tertiary/aromatic N) is 4. The van der Waals surface area contributed by atoms with Gasteiger partial charge in [-0.1, -0.05) is 55.5 Å². The van der Waals surface area contributed by atoms with Crippen molar-refractivity contribution in [2.24, 2.45) is 4.99 Å². The summed E-state index contributed by atoms with van der Waals surface area (Å²) in [7, 11) is 3.75. The molecule has 0 saturated carbocycles. The van der Waals surface area contributed by atoms with Crippen molar-refractivity contribution in [1.82, 2.24) is 14.5 Å². The molecule has 0 radical (unpaired) electrons. The van der Waals surface area contributed by atoms with Crippen molar-refractivity contribution >= 4 is 12.0 Å². The van der Waals surface area contributed by atoms with E-state index < -0.39 is 6.04 Å². The van der Waals surface area contributed by atoms with Crippen molar-refractivity contribution in [2.45, 2.75) is 19.5 Å². The third-order valence-electron chi connectivity index (χ3n) is 6.51. The van der Waals surface area contributed by atoms with Gasteiger partial charge in [0.15, 0.2) is 0 Å². The summed E-state index contributed by atoms with van der Waals surface area (Å²) in [6, 6.07) is 23.6. The van der Waals surface area contributed by atoms with E-state index in [9.17, 15) is 4.79 Å². The van der Waals surface area contributed by atoms with Crippen molar-refractivity contribution in [3.05, 3.63) is 102 Å². The Morgan fingerprint density at radius 3 is 2.46 bits per heavy atom. The van der Waals surface area contributed by atoms with Crippen LogP contribution in [0, 0.1) is 0 Å². The van der Waals surface area contributed by atoms with Crippen molar-refractivity contribution in [3.63, 3.8) is 0 Å². The molecule has 1 aliphatic rings. The van der Waals surface area contributed by atoms with Crippen LogP contribution in [0.5, 0.6) is 5.75 Å². The molecular formula is C29H28N4O2. The molecule has 0 amide bonds. The Morgan fingerprint density at radius 2 is 1.74 bits per heavy atom. The first-order chi connectivity index (χ1) is 17.1. The molecule has 4 aromatic rings. The van der Waals surface area contributed by atoms with E-state index in [4.69, 9.17) is 4.74 Å². The van der Waals surface area contributed by atoms with Crippen molar-refractivity contribution in [3.8, 4) is 22.6 Å². The molecule has 0 spiro atoms. The van der Waals surface area contributed by atoms with Crippen LogP contribution in [0.4, 0.5) is 0 Å². The van der Waals surface area contributed by atoms with Crippen molar-refractivity contribution < 1.29 is 9.53 Å². The third kappa shape index (κ3) is 4.40. The second-order valence-electron chi connectivity index (χ2n) is 8.70. The molecule has 3 aromatic carbocycles. The van der Waals surface area contributed by atoms with E-state index in [1.54, 1.807) is 19.7 Å². The normalized spacial score (nSPS) is 14.9. The fourth-order valence-corrected chi connectivity index (χ4v) is 4.41. The van der Waals surface area contributed by atoms with Gasteiger partial charge >= 0.3 is 0 Å². The number of aromatic nitrogens is 2. The molecule has 2 heterocycles. The van der Waals surface area contributed by atoms with Crippen molar-refractivity contribution in [2.75, 3.05) is 20.7 Å². The summed E-state index contributed by atoms with van der Waals surface area (Å²) in [6.07, 6.45) is 3.37. The maximum atomic E-state index is 13.6. The van der Waals surface area contributed by atoms with Crippen LogP contribution in [-0.4, -0.2) is 47.2 Å². The van der Waals surface area contributed by atoms with Crippen LogP contribution in [0.25, 0.3) is 16.8 Å². The quantitative estimate of drug-likeness (QED) is 0.370. The molecule has 1 aliphatic heterocycles. The van der Waals surface area contributed by atoms with Gasteiger partial charge in [0.05, 0.1) is 13.3 Å². The Morgan fingerprint density at radius 1 is 1.00 bits per heavy atom. The number of benzene rings is 3. The second-order valence-corrected chi connectivity index (χ2v) is 8.70. The minimum absolute atomic E-state index is 0.0615. The highest BCUT2D eigenvalue weighted by Crippen LogP contribution is 2.31. The van der Waals surface area contributed by atoms with Gasteiger partial charge in [-0.2, -0.15) is 0 Å². The summed E-state index contributed by atoms with van der Waals surface area (Å²) in [5.41, 5.74) is 6.48. The van der Waals surface area contributed by atoms with Gasteiger partial charge in [0.25, 0.3) is 0 Å². The lowest BCUT2D eigenvalue weighted by atomic mass is 9.94. The van der Waals surface area contributed by atoms with Crippen LogP contribution in [0.2, 0.25) is 0 Å². The highest BCUT2D eigenvalue weighted by atomic mass is 16.5. The number of ether oxygens (including phenoxy) is 1. The average molecular weight is 465 g/mol. The Labute approximate surface area is 205 Å². The minimum Gasteiger partial charge on any atom is -0.497 e. The monoisotopic (exact) mass is 464 g/mol. The number of hydrogen-bond acceptors (Lipinski definition) is 5. The van der Waals surface area contributed by atoms with E-state index in [-0.39, 0.29) is 5.78 Å². The Bertz CT molecular complexity index is 1370. The van der Waals surface area contributed by atoms with E-state index in [2.05, 4.69) is 65.2 Å². The highest BCUT2D eigenvalue weighted by molar-refractivity contribution is 6.08. The number of aliphatic imine (C=N–C) groups is 1. The topological polar surface area (TPSA) is 59.7 Å². The molecule has 1 aromatic heterocycles. The summed E-state index contributed by atoms with van der Waals surface area (Å²) in [4.78, 5) is 24.8. The average Bonchev–Trinajstić information content (AvgIpc) is 3.34. The number of imidazole rings is 1. The zero-order chi connectivity index (χ0) is 24.4. The molecule has 0 fully saturated rings. The molecule has 176 valence electrons. The number of hydrogen-bond donors (Lipinski definition) is 0. The van der Waals surface area contributed by atoms with Gasteiger partial charge in [-0.15, -0.1) is 0 Å². The first-order valence-electron chi connectivity index (χ1n) is 11.7. The lowest BCUT2D eigenvalue weighted by Gasteiger charge is -2.19. The van der Waals surface area contributed by atoms with E-state index in [1.165, 1.54) is 11.1 Å². The van der Waals surface area contributed by atoms with Crippen LogP contribution < -0.4 is 4.74 Å². The Balaban J connectivity index is 1.43. The van der Waals surface area contributed by atoms with Gasteiger partial charge in [-0.3, -0.25) is 14.4 Å². The molecule has 35 heavy (non-hydrogen) atoms. The van der Waals surface area contributed by atoms with Crippen molar-refractivity contribution in [1.29, 1.82) is 0 Å². The Kier molecular flexibility index (Phi) is 6.29. The molecule has 6 nitrogen and oxygen atoms in total. The van der Waals surface area contributed by atoms with Gasteiger partial charge in [-0.25, -0.2) is 4.98 Å². The van der Waals surface area contributed by atoms with Crippen LogP contribution >= 0.6 is 0 Å². The number of carbonyl (C=O) groups is 1. The molecule has 0 N–H and O–H groups in total. The second kappa shape index (κ2) is 9.68. The zero-order valence-corrected chi connectivity index (χ0v) is 20.2. The molecule has 1 atom stereocenters. The molecule has 0 saturated heterocycles. The number of rotatable bonds is 7. The highest BCUT2D eigenvalue weighted by Gasteiger charge is 2.30. The molecule has 6 heteroatoms. The molecular weight excluding hydrogens is 436 g/mol. The fourth-order valence-electron chi connectivity index (χ4n) is 4.41. The fraction of sp³-hybridized carbons (Fsp3) is 0.207. The van der Waals surface area contributed by atoms with Crippen LogP contribution in [0.15, 0.2) is 84.1 Å². The third-order valence-corrected chi connectivity index (χ3v) is 6.51. The summed E-state index contributed by atoms with van der Waals surface area (Å²) < 4.78 is 7.08. The van der Waals surface area contributed by atoms with Crippen LogP contribution in [0.3, 0.4) is 0 Å². The Hall–Kier alpha value is -4.03. The lowest BCUT2D eigenvalue weighted by Crippen LogP contribution is -2.20. The van der Waals surface area contributed by atoms with E-state index in [0.717, 1.165) is 35.7 Å². The summed E-state index contributed by atoms with van der Waals surface area (Å²) >= 11 is 0. The molecule has 5 rings (SSSR count). The van der Waals surface area contributed by atoms with Gasteiger partial charge in [0.1, 0.15) is 29.5 Å². The molecule has 0 aliphatic carbocycles. The SMILES string of the molecule is CCN(C)Cc1ccccc1-c1ccc(C2N=Cc3ncn(-c4ccc(OC)cc4)c3C2=O)cc1. The lowest BCUT2D eigenvalue weighted by molar-refractivity contribution is 0.0953. The number of fused-ring (bicyclic) bond motifs is 1. The van der Waals surface area contributed by atoms with E-state index in [0.29, 0.717) is 11.4 Å². The zero-order valence-electron chi connectivity index (χ0n) is 20.2. The maximum absolute atomic E-state index is 13.6. The van der Waals surface area contributed by atoms with Gasteiger partial charge in [0.2, 0.25) is 5.78 Å². The largest absolute Gasteiger partial charge is 0.497 e. The number of Topliss-reactive ketones (excluding diaryl/α,β-unsaturated/α-hetero) is 1. The first kappa shape index (κ1) is 22.7. The predicted octanol–water partition coefficient (Wildman–Crippen LogP) is 5.36.